The Morgan fingerprint density at radius 2 is 2.00 bits per heavy atom. The summed E-state index contributed by atoms with van der Waals surface area (Å²) in [6, 6.07) is 15.9. The van der Waals surface area contributed by atoms with Gasteiger partial charge in [0.05, 0.1) is 5.75 Å². The van der Waals surface area contributed by atoms with E-state index in [2.05, 4.69) is 25.2 Å². The van der Waals surface area contributed by atoms with Crippen LogP contribution >= 0.6 is 11.8 Å². The lowest BCUT2D eigenvalue weighted by atomic mass is 10.1. The number of thioether (sulfide) groups is 1. The van der Waals surface area contributed by atoms with Crippen LogP contribution in [0.4, 0.5) is 11.4 Å². The van der Waals surface area contributed by atoms with E-state index < -0.39 is 0 Å². The smallest absolute Gasteiger partial charge is 0.238 e. The molecule has 0 radical (unpaired) electrons. The number of rotatable bonds is 7. The van der Waals surface area contributed by atoms with Gasteiger partial charge in [0, 0.05) is 17.8 Å². The minimum Gasteiger partial charge on any atom is -0.326 e. The van der Waals surface area contributed by atoms with Gasteiger partial charge in [-0.25, -0.2) is 0 Å². The van der Waals surface area contributed by atoms with Gasteiger partial charge in [-0.2, -0.15) is 0 Å². The van der Waals surface area contributed by atoms with Gasteiger partial charge < -0.3 is 5.32 Å². The Balaban J connectivity index is 1.85. The van der Waals surface area contributed by atoms with Crippen LogP contribution in [-0.4, -0.2) is 17.6 Å². The predicted molar refractivity (Wildman–Crippen MR) is 113 cm³/mol. The Kier molecular flexibility index (Phi) is 6.56. The van der Waals surface area contributed by atoms with Gasteiger partial charge in [0.15, 0.2) is 0 Å². The molecule has 2 aromatic rings. The van der Waals surface area contributed by atoms with E-state index >= 15 is 0 Å². The van der Waals surface area contributed by atoms with Crippen molar-refractivity contribution in [1.82, 2.24) is 0 Å². The van der Waals surface area contributed by atoms with E-state index in [9.17, 15) is 9.59 Å². The van der Waals surface area contributed by atoms with Crippen LogP contribution in [0.25, 0.3) is 0 Å². The standard InChI is InChI=1S/C22H26N2O2S/c1-3-5-13-20(25)23-18-11-8-10-17(14-18)22-24(21(26)15-27-22)19-12-7-6-9-16(19)4-2/h6-12,14,22H,3-5,13,15H2,1-2H3,(H,23,25)/t22-/m1/s1. The lowest BCUT2D eigenvalue weighted by Crippen LogP contribution is -2.28. The summed E-state index contributed by atoms with van der Waals surface area (Å²) in [5, 5.41) is 2.91. The summed E-state index contributed by atoms with van der Waals surface area (Å²) in [6.45, 7) is 4.18. The first-order valence-corrected chi connectivity index (χ1v) is 10.6. The maximum absolute atomic E-state index is 12.6. The Labute approximate surface area is 165 Å². The molecule has 2 amide bonds. The number of nitrogens with one attached hydrogen (secondary N) is 1. The van der Waals surface area contributed by atoms with Crippen molar-refractivity contribution in [2.75, 3.05) is 16.0 Å². The summed E-state index contributed by atoms with van der Waals surface area (Å²) in [5.74, 6) is 0.635. The highest BCUT2D eigenvalue weighted by Gasteiger charge is 2.35. The number of nitrogens with zero attached hydrogens (tertiary/aromatic N) is 1. The predicted octanol–water partition coefficient (Wildman–Crippen LogP) is 5.16. The van der Waals surface area contributed by atoms with E-state index in [0.717, 1.165) is 36.2 Å². The van der Waals surface area contributed by atoms with Gasteiger partial charge in [-0.05, 0) is 42.2 Å². The number of aryl methyl sites for hydroxylation is 1. The number of anilines is 2. The number of unbranched alkanes of at least 4 members (excludes halogenated alkanes) is 1. The number of benzene rings is 2. The van der Waals surface area contributed by atoms with Gasteiger partial charge in [0.2, 0.25) is 11.8 Å². The quantitative estimate of drug-likeness (QED) is 0.720. The molecule has 5 heteroatoms. The monoisotopic (exact) mass is 382 g/mol. The summed E-state index contributed by atoms with van der Waals surface area (Å²) in [6.07, 6.45) is 3.30. The summed E-state index contributed by atoms with van der Waals surface area (Å²) < 4.78 is 0. The van der Waals surface area contributed by atoms with Crippen LogP contribution in [0.5, 0.6) is 0 Å². The molecule has 1 heterocycles. The molecule has 0 aromatic heterocycles. The fourth-order valence-electron chi connectivity index (χ4n) is 3.31. The fraction of sp³-hybridized carbons (Fsp3) is 0.364. The molecule has 1 aliphatic heterocycles. The first-order chi connectivity index (χ1) is 13.1. The van der Waals surface area contributed by atoms with E-state index in [-0.39, 0.29) is 17.2 Å². The first kappa shape index (κ1) is 19.5. The second-order valence-corrected chi connectivity index (χ2v) is 7.76. The first-order valence-electron chi connectivity index (χ1n) is 9.55. The molecule has 27 heavy (non-hydrogen) atoms. The van der Waals surface area contributed by atoms with Gasteiger partial charge in [-0.3, -0.25) is 14.5 Å². The molecule has 0 saturated carbocycles. The number of amides is 2. The summed E-state index contributed by atoms with van der Waals surface area (Å²) in [7, 11) is 0. The maximum Gasteiger partial charge on any atom is 0.238 e. The van der Waals surface area contributed by atoms with Crippen LogP contribution in [0.15, 0.2) is 48.5 Å². The molecular weight excluding hydrogens is 356 g/mol. The fourth-order valence-corrected chi connectivity index (χ4v) is 4.47. The molecule has 1 fully saturated rings. The number of carbonyl (C=O) groups is 2. The number of hydrogen-bond acceptors (Lipinski definition) is 3. The SMILES string of the molecule is CCCCC(=O)Nc1cccc([C@H]2SCC(=O)N2c2ccccc2CC)c1. The van der Waals surface area contributed by atoms with Crippen LogP contribution in [0.1, 0.15) is 49.6 Å². The minimum absolute atomic E-state index is 0.0392. The van der Waals surface area contributed by atoms with Crippen molar-refractivity contribution < 1.29 is 9.59 Å². The largest absolute Gasteiger partial charge is 0.326 e. The van der Waals surface area contributed by atoms with Gasteiger partial charge >= 0.3 is 0 Å². The summed E-state index contributed by atoms with van der Waals surface area (Å²) in [5.41, 5.74) is 3.97. The highest BCUT2D eigenvalue weighted by atomic mass is 32.2. The third-order valence-corrected chi connectivity index (χ3v) is 5.93. The van der Waals surface area contributed by atoms with Crippen molar-refractivity contribution in [3.05, 3.63) is 59.7 Å². The van der Waals surface area contributed by atoms with E-state index in [1.165, 1.54) is 5.56 Å². The number of para-hydroxylation sites is 1. The molecule has 3 rings (SSSR count). The van der Waals surface area contributed by atoms with E-state index in [4.69, 9.17) is 0 Å². The third-order valence-electron chi connectivity index (χ3n) is 4.71. The van der Waals surface area contributed by atoms with E-state index in [1.807, 2.05) is 47.4 Å². The molecule has 4 nitrogen and oxygen atoms in total. The van der Waals surface area contributed by atoms with Crippen LogP contribution in [0.3, 0.4) is 0 Å². The zero-order valence-electron chi connectivity index (χ0n) is 15.9. The Hall–Kier alpha value is -2.27. The van der Waals surface area contributed by atoms with Crippen LogP contribution < -0.4 is 10.2 Å². The Morgan fingerprint density at radius 1 is 1.19 bits per heavy atom. The summed E-state index contributed by atoms with van der Waals surface area (Å²) >= 11 is 1.63. The zero-order chi connectivity index (χ0) is 19.2. The van der Waals surface area contributed by atoms with Crippen molar-refractivity contribution >= 4 is 35.0 Å². The van der Waals surface area contributed by atoms with E-state index in [0.29, 0.717) is 12.2 Å². The van der Waals surface area contributed by atoms with Crippen LogP contribution in [0.2, 0.25) is 0 Å². The highest BCUT2D eigenvalue weighted by Crippen LogP contribution is 2.43. The van der Waals surface area contributed by atoms with Gasteiger partial charge in [0.25, 0.3) is 0 Å². The number of carbonyl (C=O) groups excluding carboxylic acids is 2. The third kappa shape index (κ3) is 4.53. The maximum atomic E-state index is 12.6. The molecule has 142 valence electrons. The van der Waals surface area contributed by atoms with Crippen molar-refractivity contribution in [3.63, 3.8) is 0 Å². The lowest BCUT2D eigenvalue weighted by molar-refractivity contribution is -0.117. The molecule has 1 N–H and O–H groups in total. The normalized spacial score (nSPS) is 16.6. The van der Waals surface area contributed by atoms with Crippen molar-refractivity contribution in [2.45, 2.75) is 44.9 Å². The van der Waals surface area contributed by atoms with Gasteiger partial charge in [-0.15, -0.1) is 11.8 Å². The number of hydrogen-bond donors (Lipinski definition) is 1. The zero-order valence-corrected chi connectivity index (χ0v) is 16.7. The highest BCUT2D eigenvalue weighted by molar-refractivity contribution is 8.00. The molecule has 1 aliphatic rings. The average Bonchev–Trinajstić information content (AvgIpc) is 3.07. The molecule has 0 bridgehead atoms. The molecule has 2 aromatic carbocycles. The van der Waals surface area contributed by atoms with Crippen LogP contribution in [-0.2, 0) is 16.0 Å². The average molecular weight is 383 g/mol. The molecule has 1 atom stereocenters. The van der Waals surface area contributed by atoms with Crippen molar-refractivity contribution in [1.29, 1.82) is 0 Å². The summed E-state index contributed by atoms with van der Waals surface area (Å²) in [4.78, 5) is 26.6. The van der Waals surface area contributed by atoms with Gasteiger partial charge in [-0.1, -0.05) is 50.6 Å². The van der Waals surface area contributed by atoms with Crippen molar-refractivity contribution in [3.8, 4) is 0 Å². The molecule has 0 aliphatic carbocycles. The Bertz CT molecular complexity index is 821. The van der Waals surface area contributed by atoms with Crippen LogP contribution in [0, 0.1) is 0 Å². The second-order valence-electron chi connectivity index (χ2n) is 6.69. The van der Waals surface area contributed by atoms with Gasteiger partial charge in [0.1, 0.15) is 5.37 Å². The lowest BCUT2D eigenvalue weighted by Gasteiger charge is -2.26. The second kappa shape index (κ2) is 9.09. The molecule has 0 spiro atoms. The molecular formula is C22H26N2O2S. The van der Waals surface area contributed by atoms with Crippen molar-refractivity contribution in [2.24, 2.45) is 0 Å². The Morgan fingerprint density at radius 3 is 2.78 bits per heavy atom. The van der Waals surface area contributed by atoms with E-state index in [1.54, 1.807) is 11.8 Å². The molecule has 0 unspecified atom stereocenters. The molecule has 1 saturated heterocycles. The minimum atomic E-state index is -0.0716. The topological polar surface area (TPSA) is 49.4 Å².